The van der Waals surface area contributed by atoms with Gasteiger partial charge in [0.2, 0.25) is 0 Å². The summed E-state index contributed by atoms with van der Waals surface area (Å²) in [5.41, 5.74) is 3.02. The van der Waals surface area contributed by atoms with Crippen molar-refractivity contribution in [2.24, 2.45) is 0 Å². The Morgan fingerprint density at radius 3 is 1.92 bits per heavy atom. The summed E-state index contributed by atoms with van der Waals surface area (Å²) in [5.74, 6) is -0.744. The molecule has 3 rings (SSSR count). The van der Waals surface area contributed by atoms with Crippen LogP contribution in [-0.4, -0.2) is 18.4 Å². The van der Waals surface area contributed by atoms with E-state index in [0.29, 0.717) is 11.1 Å². The van der Waals surface area contributed by atoms with E-state index in [9.17, 15) is 9.59 Å². The summed E-state index contributed by atoms with van der Waals surface area (Å²) in [6.07, 6.45) is 0. The molecule has 3 aromatic carbocycles. The lowest BCUT2D eigenvalue weighted by atomic mass is 10.0. The Balaban J connectivity index is 1.61. The molecule has 0 aliphatic rings. The molecule has 0 aliphatic carbocycles. The Morgan fingerprint density at radius 1 is 0.720 bits per heavy atom. The van der Waals surface area contributed by atoms with Crippen molar-refractivity contribution >= 4 is 27.7 Å². The number of halogens is 1. The predicted molar refractivity (Wildman–Crippen MR) is 101 cm³/mol. The van der Waals surface area contributed by atoms with Crippen LogP contribution < -0.4 is 0 Å². The fraction of sp³-hybridized carbons (Fsp3) is 0.0476. The molecule has 0 spiro atoms. The minimum atomic E-state index is -0.509. The van der Waals surface area contributed by atoms with Crippen molar-refractivity contribution in [1.82, 2.24) is 0 Å². The molecule has 0 N–H and O–H groups in total. The lowest BCUT2D eigenvalue weighted by Crippen LogP contribution is -2.14. The number of hydrogen-bond donors (Lipinski definition) is 0. The summed E-state index contributed by atoms with van der Waals surface area (Å²) in [6.45, 7) is -0.277. The third-order valence-electron chi connectivity index (χ3n) is 3.73. The van der Waals surface area contributed by atoms with Gasteiger partial charge in [-0.2, -0.15) is 0 Å². The Morgan fingerprint density at radius 2 is 1.28 bits per heavy atom. The fourth-order valence-electron chi connectivity index (χ4n) is 2.36. The first kappa shape index (κ1) is 17.1. The zero-order valence-electron chi connectivity index (χ0n) is 13.3. The molecule has 0 saturated carbocycles. The van der Waals surface area contributed by atoms with Crippen LogP contribution in [-0.2, 0) is 4.74 Å². The zero-order valence-corrected chi connectivity index (χ0v) is 14.9. The van der Waals surface area contributed by atoms with Gasteiger partial charge in [-0.25, -0.2) is 4.79 Å². The predicted octanol–water partition coefficient (Wildman–Crippen LogP) is 5.16. The summed E-state index contributed by atoms with van der Waals surface area (Å²) in [6, 6.07) is 24.0. The summed E-state index contributed by atoms with van der Waals surface area (Å²) in [7, 11) is 0. The van der Waals surface area contributed by atoms with E-state index in [2.05, 4.69) is 15.9 Å². The number of carbonyl (C=O) groups is 2. The highest BCUT2D eigenvalue weighted by Gasteiger charge is 2.12. The van der Waals surface area contributed by atoms with E-state index in [1.165, 1.54) is 0 Å². The van der Waals surface area contributed by atoms with Gasteiger partial charge in [-0.1, -0.05) is 70.5 Å². The molecule has 3 nitrogen and oxygen atoms in total. The van der Waals surface area contributed by atoms with Gasteiger partial charge in [0.15, 0.2) is 12.4 Å². The number of ketones is 1. The molecule has 3 aromatic rings. The second-order valence-electron chi connectivity index (χ2n) is 5.45. The van der Waals surface area contributed by atoms with Crippen molar-refractivity contribution < 1.29 is 14.3 Å². The second kappa shape index (κ2) is 7.90. The van der Waals surface area contributed by atoms with E-state index in [4.69, 9.17) is 4.74 Å². The standard InChI is InChI=1S/C21H15BrO3/c22-19-12-10-17(11-13-19)20(23)14-25-21(24)18-8-6-16(7-9-18)15-4-2-1-3-5-15/h1-13H,14H2. The first-order valence-corrected chi connectivity index (χ1v) is 8.54. The van der Waals surface area contributed by atoms with Gasteiger partial charge in [0.1, 0.15) is 0 Å². The topological polar surface area (TPSA) is 43.4 Å². The molecule has 0 atom stereocenters. The maximum Gasteiger partial charge on any atom is 0.338 e. The Bertz CT molecular complexity index is 869. The molecule has 0 amide bonds. The molecule has 0 saturated heterocycles. The maximum absolute atomic E-state index is 12.1. The quantitative estimate of drug-likeness (QED) is 0.443. The number of rotatable bonds is 5. The molecule has 0 fully saturated rings. The summed E-state index contributed by atoms with van der Waals surface area (Å²) >= 11 is 3.31. The smallest absolute Gasteiger partial charge is 0.338 e. The van der Waals surface area contributed by atoms with E-state index in [-0.39, 0.29) is 12.4 Å². The average molecular weight is 395 g/mol. The molecule has 0 aromatic heterocycles. The van der Waals surface area contributed by atoms with Crippen LogP contribution in [0.2, 0.25) is 0 Å². The SMILES string of the molecule is O=C(COC(=O)c1ccc(-c2ccccc2)cc1)c1ccc(Br)cc1. The summed E-state index contributed by atoms with van der Waals surface area (Å²) < 4.78 is 6.01. The van der Waals surface area contributed by atoms with Gasteiger partial charge in [0.25, 0.3) is 0 Å². The van der Waals surface area contributed by atoms with Crippen molar-refractivity contribution in [3.05, 3.63) is 94.5 Å². The van der Waals surface area contributed by atoms with Crippen LogP contribution in [0.25, 0.3) is 11.1 Å². The maximum atomic E-state index is 12.1. The first-order chi connectivity index (χ1) is 12.1. The van der Waals surface area contributed by atoms with Gasteiger partial charge in [0.05, 0.1) is 5.56 Å². The van der Waals surface area contributed by atoms with Gasteiger partial charge < -0.3 is 4.74 Å². The van der Waals surface area contributed by atoms with Crippen molar-refractivity contribution in [1.29, 1.82) is 0 Å². The van der Waals surface area contributed by atoms with Crippen LogP contribution in [0.4, 0.5) is 0 Å². The Labute approximate surface area is 154 Å². The largest absolute Gasteiger partial charge is 0.454 e. The fourth-order valence-corrected chi connectivity index (χ4v) is 2.63. The Hall–Kier alpha value is -2.72. The van der Waals surface area contributed by atoms with E-state index in [1.54, 1.807) is 36.4 Å². The van der Waals surface area contributed by atoms with Crippen molar-refractivity contribution in [2.75, 3.05) is 6.61 Å². The van der Waals surface area contributed by atoms with Crippen LogP contribution in [0.1, 0.15) is 20.7 Å². The molecule has 0 radical (unpaired) electrons. The van der Waals surface area contributed by atoms with Gasteiger partial charge in [-0.05, 0) is 35.4 Å². The number of esters is 1. The van der Waals surface area contributed by atoms with Crippen LogP contribution >= 0.6 is 15.9 Å². The van der Waals surface area contributed by atoms with Crippen molar-refractivity contribution in [3.8, 4) is 11.1 Å². The number of ether oxygens (including phenoxy) is 1. The highest BCUT2D eigenvalue weighted by molar-refractivity contribution is 9.10. The first-order valence-electron chi connectivity index (χ1n) is 7.75. The number of benzene rings is 3. The molecule has 124 valence electrons. The molecule has 0 unspecified atom stereocenters. The van der Waals surface area contributed by atoms with E-state index in [0.717, 1.165) is 15.6 Å². The summed E-state index contributed by atoms with van der Waals surface area (Å²) in [4.78, 5) is 24.1. The number of carbonyl (C=O) groups excluding carboxylic acids is 2. The second-order valence-corrected chi connectivity index (χ2v) is 6.37. The van der Waals surface area contributed by atoms with E-state index in [1.807, 2.05) is 42.5 Å². The van der Waals surface area contributed by atoms with E-state index >= 15 is 0 Å². The number of Topliss-reactive ketones (excluding diaryl/α,β-unsaturated/α-hetero) is 1. The van der Waals surface area contributed by atoms with Crippen LogP contribution in [0.5, 0.6) is 0 Å². The third-order valence-corrected chi connectivity index (χ3v) is 4.26. The van der Waals surface area contributed by atoms with E-state index < -0.39 is 5.97 Å². The molecular formula is C21H15BrO3. The number of hydrogen-bond acceptors (Lipinski definition) is 3. The molecular weight excluding hydrogens is 380 g/mol. The zero-order chi connectivity index (χ0) is 17.6. The van der Waals surface area contributed by atoms with Crippen LogP contribution in [0, 0.1) is 0 Å². The van der Waals surface area contributed by atoms with Crippen LogP contribution in [0.3, 0.4) is 0 Å². The lowest BCUT2D eigenvalue weighted by Gasteiger charge is -2.06. The molecule has 0 heterocycles. The van der Waals surface area contributed by atoms with Gasteiger partial charge in [-0.15, -0.1) is 0 Å². The van der Waals surface area contributed by atoms with Crippen LogP contribution in [0.15, 0.2) is 83.3 Å². The highest BCUT2D eigenvalue weighted by atomic mass is 79.9. The monoisotopic (exact) mass is 394 g/mol. The van der Waals surface area contributed by atoms with Crippen molar-refractivity contribution in [3.63, 3.8) is 0 Å². The lowest BCUT2D eigenvalue weighted by molar-refractivity contribution is 0.0475. The van der Waals surface area contributed by atoms with Crippen molar-refractivity contribution in [2.45, 2.75) is 0 Å². The molecule has 25 heavy (non-hydrogen) atoms. The normalized spacial score (nSPS) is 10.3. The van der Waals surface area contributed by atoms with Gasteiger partial charge in [0, 0.05) is 10.0 Å². The molecule has 0 aliphatic heterocycles. The minimum absolute atomic E-state index is 0.234. The average Bonchev–Trinajstić information content (AvgIpc) is 2.67. The molecule has 4 heteroatoms. The Kier molecular flexibility index (Phi) is 5.41. The summed E-state index contributed by atoms with van der Waals surface area (Å²) in [5, 5.41) is 0. The highest BCUT2D eigenvalue weighted by Crippen LogP contribution is 2.19. The molecule has 0 bridgehead atoms. The van der Waals surface area contributed by atoms with Gasteiger partial charge >= 0.3 is 5.97 Å². The minimum Gasteiger partial charge on any atom is -0.454 e. The third kappa shape index (κ3) is 4.43. The van der Waals surface area contributed by atoms with Gasteiger partial charge in [-0.3, -0.25) is 4.79 Å².